The van der Waals surface area contributed by atoms with E-state index in [2.05, 4.69) is 4.98 Å². The van der Waals surface area contributed by atoms with E-state index in [1.807, 2.05) is 43.5 Å². The summed E-state index contributed by atoms with van der Waals surface area (Å²) in [7, 11) is 0. The van der Waals surface area contributed by atoms with Gasteiger partial charge in [-0.2, -0.15) is 0 Å². The predicted octanol–water partition coefficient (Wildman–Crippen LogP) is 3.65. The number of aliphatic hydroxyl groups excluding tert-OH is 1. The summed E-state index contributed by atoms with van der Waals surface area (Å²) in [6.45, 7) is 2.03. The molecule has 1 N–H and O–H groups in total. The van der Waals surface area contributed by atoms with E-state index in [4.69, 9.17) is 4.74 Å². The number of aromatic nitrogens is 1. The molecule has 0 saturated carbocycles. The van der Waals surface area contributed by atoms with Crippen LogP contribution in [0, 0.1) is 0 Å². The molecule has 19 heavy (non-hydrogen) atoms. The second-order valence-electron chi connectivity index (χ2n) is 4.09. The summed E-state index contributed by atoms with van der Waals surface area (Å²) >= 11 is 1.69. The number of thioether (sulfide) groups is 1. The Kier molecular flexibility index (Phi) is 4.82. The van der Waals surface area contributed by atoms with Crippen molar-refractivity contribution >= 4 is 11.8 Å². The van der Waals surface area contributed by atoms with E-state index >= 15 is 0 Å². The molecule has 100 valence electrons. The highest BCUT2D eigenvalue weighted by molar-refractivity contribution is 7.98. The minimum absolute atomic E-state index is 0.00269. The average molecular weight is 275 g/mol. The summed E-state index contributed by atoms with van der Waals surface area (Å²) in [5.74, 6) is 1.28. The van der Waals surface area contributed by atoms with E-state index in [0.29, 0.717) is 5.88 Å². The first kappa shape index (κ1) is 13.9. The van der Waals surface area contributed by atoms with E-state index in [0.717, 1.165) is 23.4 Å². The Morgan fingerprint density at radius 1 is 1.21 bits per heavy atom. The molecule has 0 aliphatic carbocycles. The van der Waals surface area contributed by atoms with Crippen molar-refractivity contribution in [1.82, 2.24) is 4.98 Å². The standard InChI is InChI=1S/C15H17NO2S/c1-3-12-8-11(10-17)9-15(16-12)18-13-4-6-14(19-2)7-5-13/h4-9,17H,3,10H2,1-2H3. The van der Waals surface area contributed by atoms with Gasteiger partial charge in [0.25, 0.3) is 0 Å². The van der Waals surface area contributed by atoms with Gasteiger partial charge >= 0.3 is 0 Å². The minimum Gasteiger partial charge on any atom is -0.439 e. The monoisotopic (exact) mass is 275 g/mol. The molecular weight excluding hydrogens is 258 g/mol. The number of ether oxygens (including phenoxy) is 1. The zero-order valence-corrected chi connectivity index (χ0v) is 11.9. The van der Waals surface area contributed by atoms with Crippen molar-refractivity contribution in [3.8, 4) is 11.6 Å². The smallest absolute Gasteiger partial charge is 0.219 e. The Labute approximate surface area is 117 Å². The molecule has 0 saturated heterocycles. The summed E-state index contributed by atoms with van der Waals surface area (Å²) in [5, 5.41) is 9.23. The van der Waals surface area contributed by atoms with Gasteiger partial charge in [0.15, 0.2) is 0 Å². The number of aryl methyl sites for hydroxylation is 1. The first-order valence-corrected chi connectivity index (χ1v) is 7.40. The van der Waals surface area contributed by atoms with Crippen LogP contribution in [0.5, 0.6) is 11.6 Å². The van der Waals surface area contributed by atoms with Crippen molar-refractivity contribution in [3.63, 3.8) is 0 Å². The maximum absolute atomic E-state index is 9.23. The Morgan fingerprint density at radius 2 is 1.95 bits per heavy atom. The van der Waals surface area contributed by atoms with Gasteiger partial charge in [-0.25, -0.2) is 4.98 Å². The maximum atomic E-state index is 9.23. The van der Waals surface area contributed by atoms with Gasteiger partial charge in [0, 0.05) is 16.7 Å². The van der Waals surface area contributed by atoms with E-state index in [-0.39, 0.29) is 6.61 Å². The third-order valence-electron chi connectivity index (χ3n) is 2.74. The number of hydrogen-bond donors (Lipinski definition) is 1. The van der Waals surface area contributed by atoms with Crippen LogP contribution in [0.3, 0.4) is 0 Å². The number of nitrogens with zero attached hydrogens (tertiary/aromatic N) is 1. The molecular formula is C15H17NO2S. The normalized spacial score (nSPS) is 10.5. The Hall–Kier alpha value is -1.52. The lowest BCUT2D eigenvalue weighted by Gasteiger charge is -2.08. The first-order chi connectivity index (χ1) is 9.25. The van der Waals surface area contributed by atoms with Crippen molar-refractivity contribution in [3.05, 3.63) is 47.7 Å². The molecule has 1 heterocycles. The van der Waals surface area contributed by atoms with Crippen molar-refractivity contribution in [1.29, 1.82) is 0 Å². The van der Waals surface area contributed by atoms with Crippen LogP contribution in [-0.2, 0) is 13.0 Å². The van der Waals surface area contributed by atoms with Gasteiger partial charge in [0.05, 0.1) is 6.61 Å². The average Bonchev–Trinajstić information content (AvgIpc) is 2.47. The van der Waals surface area contributed by atoms with Crippen molar-refractivity contribution in [2.45, 2.75) is 24.8 Å². The van der Waals surface area contributed by atoms with Gasteiger partial charge in [-0.1, -0.05) is 6.92 Å². The molecule has 0 unspecified atom stereocenters. The fourth-order valence-electron chi connectivity index (χ4n) is 1.71. The molecule has 0 radical (unpaired) electrons. The molecule has 2 rings (SSSR count). The summed E-state index contributed by atoms with van der Waals surface area (Å²) < 4.78 is 5.73. The zero-order chi connectivity index (χ0) is 13.7. The Bertz CT molecular complexity index is 518. The third kappa shape index (κ3) is 3.72. The van der Waals surface area contributed by atoms with E-state index < -0.39 is 0 Å². The Balaban J connectivity index is 2.21. The highest BCUT2D eigenvalue weighted by Gasteiger charge is 2.04. The van der Waals surface area contributed by atoms with Crippen LogP contribution in [0.15, 0.2) is 41.3 Å². The lowest BCUT2D eigenvalue weighted by atomic mass is 10.2. The second kappa shape index (κ2) is 6.59. The van der Waals surface area contributed by atoms with Gasteiger partial charge in [0.2, 0.25) is 5.88 Å². The van der Waals surface area contributed by atoms with Crippen LogP contribution < -0.4 is 4.74 Å². The lowest BCUT2D eigenvalue weighted by molar-refractivity contribution is 0.281. The third-order valence-corrected chi connectivity index (χ3v) is 3.48. The van der Waals surface area contributed by atoms with Gasteiger partial charge in [-0.3, -0.25) is 0 Å². The number of pyridine rings is 1. The summed E-state index contributed by atoms with van der Waals surface area (Å²) in [4.78, 5) is 5.59. The second-order valence-corrected chi connectivity index (χ2v) is 4.97. The highest BCUT2D eigenvalue weighted by atomic mass is 32.2. The first-order valence-electron chi connectivity index (χ1n) is 6.17. The summed E-state index contributed by atoms with van der Waals surface area (Å²) in [5.41, 5.74) is 1.74. The van der Waals surface area contributed by atoms with Gasteiger partial charge in [-0.05, 0) is 48.6 Å². The van der Waals surface area contributed by atoms with Crippen molar-refractivity contribution in [2.75, 3.05) is 6.26 Å². The predicted molar refractivity (Wildman–Crippen MR) is 77.8 cm³/mol. The van der Waals surface area contributed by atoms with Gasteiger partial charge in [-0.15, -0.1) is 11.8 Å². The molecule has 0 amide bonds. The molecule has 2 aromatic rings. The SMILES string of the molecule is CCc1cc(CO)cc(Oc2ccc(SC)cc2)n1. The van der Waals surface area contributed by atoms with Crippen LogP contribution in [0.4, 0.5) is 0 Å². The molecule has 0 aliphatic heterocycles. The quantitative estimate of drug-likeness (QED) is 0.846. The summed E-state index contributed by atoms with van der Waals surface area (Å²) in [6, 6.07) is 11.5. The number of rotatable bonds is 5. The highest BCUT2D eigenvalue weighted by Crippen LogP contribution is 2.24. The van der Waals surface area contributed by atoms with Crippen molar-refractivity contribution in [2.24, 2.45) is 0 Å². The Morgan fingerprint density at radius 3 is 2.53 bits per heavy atom. The molecule has 0 fully saturated rings. The van der Waals surface area contributed by atoms with E-state index in [1.165, 1.54) is 4.90 Å². The van der Waals surface area contributed by atoms with Crippen LogP contribution in [0.1, 0.15) is 18.2 Å². The number of hydrogen-bond acceptors (Lipinski definition) is 4. The van der Waals surface area contributed by atoms with Gasteiger partial charge in [0.1, 0.15) is 5.75 Å². The molecule has 0 atom stereocenters. The number of aliphatic hydroxyl groups is 1. The van der Waals surface area contributed by atoms with E-state index in [1.54, 1.807) is 17.8 Å². The molecule has 1 aromatic carbocycles. The molecule has 1 aromatic heterocycles. The van der Waals surface area contributed by atoms with Crippen LogP contribution in [0.2, 0.25) is 0 Å². The van der Waals surface area contributed by atoms with Gasteiger partial charge < -0.3 is 9.84 Å². The summed E-state index contributed by atoms with van der Waals surface area (Å²) in [6.07, 6.45) is 2.85. The zero-order valence-electron chi connectivity index (χ0n) is 11.1. The minimum atomic E-state index is -0.00269. The molecule has 3 nitrogen and oxygen atoms in total. The van der Waals surface area contributed by atoms with Crippen LogP contribution >= 0.6 is 11.8 Å². The van der Waals surface area contributed by atoms with Crippen molar-refractivity contribution < 1.29 is 9.84 Å². The largest absolute Gasteiger partial charge is 0.439 e. The van der Waals surface area contributed by atoms with Crippen LogP contribution in [-0.4, -0.2) is 16.3 Å². The topological polar surface area (TPSA) is 42.4 Å². The molecule has 0 spiro atoms. The fourth-order valence-corrected chi connectivity index (χ4v) is 2.12. The lowest BCUT2D eigenvalue weighted by Crippen LogP contribution is -1.96. The van der Waals surface area contributed by atoms with Crippen LogP contribution in [0.25, 0.3) is 0 Å². The number of benzene rings is 1. The van der Waals surface area contributed by atoms with E-state index in [9.17, 15) is 5.11 Å². The molecule has 4 heteroatoms. The maximum Gasteiger partial charge on any atom is 0.219 e. The molecule has 0 aliphatic rings. The molecule has 0 bridgehead atoms. The fraction of sp³-hybridized carbons (Fsp3) is 0.267.